The molecule has 0 spiro atoms. The number of hydrogen-bond donors (Lipinski definition) is 1. The number of carbonyl (C=O) groups is 1. The first-order valence-corrected chi connectivity index (χ1v) is 6.63. The molecule has 0 bridgehead atoms. The molecule has 0 aliphatic rings. The van der Waals surface area contributed by atoms with Crippen LogP contribution in [0.1, 0.15) is 19.2 Å². The fraction of sp³-hybridized carbons (Fsp3) is 0.700. The molecule has 0 amide bonds. The lowest BCUT2D eigenvalue weighted by Crippen LogP contribution is -2.32. The lowest BCUT2D eigenvalue weighted by atomic mass is 10.2. The van der Waals surface area contributed by atoms with Gasteiger partial charge in [-0.2, -0.15) is 16.9 Å². The van der Waals surface area contributed by atoms with Gasteiger partial charge < -0.3 is 10.5 Å². The van der Waals surface area contributed by atoms with E-state index in [1.54, 1.807) is 23.4 Å². The van der Waals surface area contributed by atoms with Crippen LogP contribution in [-0.2, 0) is 22.3 Å². The molecule has 0 fully saturated rings. The molecule has 0 saturated carbocycles. The molecule has 6 nitrogen and oxygen atoms in total. The molecule has 17 heavy (non-hydrogen) atoms. The molecule has 0 aliphatic carbocycles. The van der Waals surface area contributed by atoms with Crippen molar-refractivity contribution >= 4 is 17.7 Å². The van der Waals surface area contributed by atoms with Gasteiger partial charge in [0.15, 0.2) is 0 Å². The first-order valence-electron chi connectivity index (χ1n) is 5.48. The number of ether oxygens (including phenoxy) is 1. The third kappa shape index (κ3) is 4.74. The lowest BCUT2D eigenvalue weighted by molar-refractivity contribution is -0.144. The highest BCUT2D eigenvalue weighted by molar-refractivity contribution is 7.98. The van der Waals surface area contributed by atoms with Crippen molar-refractivity contribution in [1.82, 2.24) is 14.8 Å². The molecular weight excluding hydrogens is 240 g/mol. The first kappa shape index (κ1) is 14.0. The molecule has 1 atom stereocenters. The number of nitrogens with zero attached hydrogens (tertiary/aromatic N) is 3. The van der Waals surface area contributed by atoms with Crippen molar-refractivity contribution in [3.63, 3.8) is 0 Å². The van der Waals surface area contributed by atoms with Crippen LogP contribution >= 0.6 is 11.8 Å². The van der Waals surface area contributed by atoms with Crippen LogP contribution < -0.4 is 5.73 Å². The van der Waals surface area contributed by atoms with Gasteiger partial charge in [-0.1, -0.05) is 0 Å². The molecular formula is C10H18N4O2S. The second-order valence-electron chi connectivity index (χ2n) is 3.50. The van der Waals surface area contributed by atoms with Crippen LogP contribution in [-0.4, -0.2) is 39.1 Å². The van der Waals surface area contributed by atoms with Crippen LogP contribution in [0, 0.1) is 0 Å². The van der Waals surface area contributed by atoms with Gasteiger partial charge in [0.05, 0.1) is 12.4 Å². The largest absolute Gasteiger partial charge is 0.465 e. The molecule has 1 aromatic heterocycles. The van der Waals surface area contributed by atoms with E-state index in [1.807, 2.05) is 7.05 Å². The Kier molecular flexibility index (Phi) is 5.99. The predicted octanol–water partition coefficient (Wildman–Crippen LogP) is 0.329. The molecule has 96 valence electrons. The number of thioether (sulfide) groups is 1. The van der Waals surface area contributed by atoms with E-state index in [2.05, 4.69) is 10.1 Å². The Morgan fingerprint density at radius 1 is 1.71 bits per heavy atom. The summed E-state index contributed by atoms with van der Waals surface area (Å²) in [5.41, 5.74) is 5.67. The van der Waals surface area contributed by atoms with Crippen LogP contribution in [0.4, 0.5) is 0 Å². The molecule has 1 aromatic rings. The maximum Gasteiger partial charge on any atom is 0.322 e. The Balaban J connectivity index is 2.16. The van der Waals surface area contributed by atoms with Gasteiger partial charge in [0.25, 0.3) is 0 Å². The van der Waals surface area contributed by atoms with E-state index in [0.29, 0.717) is 13.0 Å². The summed E-state index contributed by atoms with van der Waals surface area (Å²) in [6.45, 7) is 2.14. The van der Waals surface area contributed by atoms with Gasteiger partial charge in [0, 0.05) is 7.05 Å². The fourth-order valence-corrected chi connectivity index (χ4v) is 2.20. The second-order valence-corrected chi connectivity index (χ2v) is 4.60. The van der Waals surface area contributed by atoms with Crippen molar-refractivity contribution < 1.29 is 9.53 Å². The van der Waals surface area contributed by atoms with Crippen molar-refractivity contribution in [1.29, 1.82) is 0 Å². The minimum Gasteiger partial charge on any atom is -0.465 e. The van der Waals surface area contributed by atoms with Crippen LogP contribution in [0.15, 0.2) is 6.33 Å². The van der Waals surface area contributed by atoms with E-state index in [-0.39, 0.29) is 5.97 Å². The van der Waals surface area contributed by atoms with Crippen molar-refractivity contribution in [2.24, 2.45) is 12.8 Å². The summed E-state index contributed by atoms with van der Waals surface area (Å²) >= 11 is 1.68. The Hall–Kier alpha value is -1.08. The number of rotatable bonds is 7. The Bertz CT molecular complexity index is 356. The van der Waals surface area contributed by atoms with Gasteiger partial charge in [-0.3, -0.25) is 9.48 Å². The second kappa shape index (κ2) is 7.29. The predicted molar refractivity (Wildman–Crippen MR) is 66.4 cm³/mol. The van der Waals surface area contributed by atoms with Crippen LogP contribution in [0.3, 0.4) is 0 Å². The number of esters is 1. The minimum atomic E-state index is -0.526. The highest BCUT2D eigenvalue weighted by Gasteiger charge is 2.13. The summed E-state index contributed by atoms with van der Waals surface area (Å²) in [5, 5.41) is 3.98. The molecule has 1 unspecified atom stereocenters. The molecule has 2 N–H and O–H groups in total. The van der Waals surface area contributed by atoms with Crippen LogP contribution in [0.5, 0.6) is 0 Å². The maximum absolute atomic E-state index is 11.2. The Morgan fingerprint density at radius 2 is 2.47 bits per heavy atom. The molecule has 0 radical (unpaired) electrons. The highest BCUT2D eigenvalue weighted by atomic mass is 32.2. The number of carbonyl (C=O) groups excluding carboxylic acids is 1. The normalized spacial score (nSPS) is 12.4. The van der Waals surface area contributed by atoms with Gasteiger partial charge in [0.2, 0.25) is 0 Å². The SMILES string of the molecule is CCOC(=O)C(N)CCSCc1ncnn1C. The standard InChI is InChI=1S/C10H18N4O2S/c1-3-16-10(15)8(11)4-5-17-6-9-12-7-13-14(9)2/h7-8H,3-6,11H2,1-2H3. The first-order chi connectivity index (χ1) is 8.15. The summed E-state index contributed by atoms with van der Waals surface area (Å²) in [4.78, 5) is 15.3. The number of hydrogen-bond acceptors (Lipinski definition) is 6. The van der Waals surface area contributed by atoms with Crippen molar-refractivity contribution in [2.75, 3.05) is 12.4 Å². The average molecular weight is 258 g/mol. The number of aryl methyl sites for hydroxylation is 1. The number of aromatic nitrogens is 3. The summed E-state index contributed by atoms with van der Waals surface area (Å²) in [6.07, 6.45) is 2.14. The van der Waals surface area contributed by atoms with E-state index in [0.717, 1.165) is 17.3 Å². The molecule has 1 rings (SSSR count). The van der Waals surface area contributed by atoms with Crippen molar-refractivity contribution in [3.8, 4) is 0 Å². The Morgan fingerprint density at radius 3 is 3.06 bits per heavy atom. The summed E-state index contributed by atoms with van der Waals surface area (Å²) in [6, 6.07) is -0.526. The molecule has 7 heteroatoms. The minimum absolute atomic E-state index is 0.327. The maximum atomic E-state index is 11.2. The van der Waals surface area contributed by atoms with Crippen LogP contribution in [0.2, 0.25) is 0 Å². The molecule has 0 saturated heterocycles. The Labute approximate surface area is 105 Å². The summed E-state index contributed by atoms with van der Waals surface area (Å²) in [7, 11) is 1.85. The lowest BCUT2D eigenvalue weighted by Gasteiger charge is -2.09. The van der Waals surface area contributed by atoms with Gasteiger partial charge in [-0.05, 0) is 19.1 Å². The van der Waals surface area contributed by atoms with Crippen molar-refractivity contribution in [3.05, 3.63) is 12.2 Å². The van der Waals surface area contributed by atoms with Crippen LogP contribution in [0.25, 0.3) is 0 Å². The average Bonchev–Trinajstić information content (AvgIpc) is 2.70. The molecule has 1 heterocycles. The van der Waals surface area contributed by atoms with E-state index >= 15 is 0 Å². The summed E-state index contributed by atoms with van der Waals surface area (Å²) < 4.78 is 6.56. The van der Waals surface area contributed by atoms with E-state index < -0.39 is 6.04 Å². The zero-order chi connectivity index (χ0) is 12.7. The third-order valence-corrected chi connectivity index (χ3v) is 3.19. The topological polar surface area (TPSA) is 83.0 Å². The van der Waals surface area contributed by atoms with Gasteiger partial charge in [0.1, 0.15) is 18.2 Å². The van der Waals surface area contributed by atoms with E-state index in [9.17, 15) is 4.79 Å². The van der Waals surface area contributed by atoms with Gasteiger partial charge in [-0.25, -0.2) is 4.98 Å². The van der Waals surface area contributed by atoms with Crippen molar-refractivity contribution in [2.45, 2.75) is 25.1 Å². The zero-order valence-electron chi connectivity index (χ0n) is 10.1. The van der Waals surface area contributed by atoms with E-state index in [4.69, 9.17) is 10.5 Å². The van der Waals surface area contributed by atoms with Gasteiger partial charge >= 0.3 is 5.97 Å². The smallest absolute Gasteiger partial charge is 0.322 e. The fourth-order valence-electron chi connectivity index (χ4n) is 1.19. The van der Waals surface area contributed by atoms with Gasteiger partial charge in [-0.15, -0.1) is 0 Å². The highest BCUT2D eigenvalue weighted by Crippen LogP contribution is 2.11. The quantitative estimate of drug-likeness (QED) is 0.560. The third-order valence-electron chi connectivity index (χ3n) is 2.20. The summed E-state index contributed by atoms with van der Waals surface area (Å²) in [5.74, 6) is 2.16. The molecule has 0 aromatic carbocycles. The number of nitrogens with two attached hydrogens (primary N) is 1. The molecule has 0 aliphatic heterocycles. The zero-order valence-corrected chi connectivity index (χ0v) is 10.9. The van der Waals surface area contributed by atoms with E-state index in [1.165, 1.54) is 6.33 Å². The monoisotopic (exact) mass is 258 g/mol.